The van der Waals surface area contributed by atoms with Gasteiger partial charge >= 0.3 is 11.9 Å². The van der Waals surface area contributed by atoms with Gasteiger partial charge in [0.25, 0.3) is 0 Å². The van der Waals surface area contributed by atoms with Crippen molar-refractivity contribution in [2.75, 3.05) is 0 Å². The number of carboxylic acid groups (broad SMARTS) is 1. The predicted octanol–water partition coefficient (Wildman–Crippen LogP) is 4.65. The molecule has 0 bridgehead atoms. The summed E-state index contributed by atoms with van der Waals surface area (Å²) < 4.78 is 5.39. The van der Waals surface area contributed by atoms with Gasteiger partial charge in [0.15, 0.2) is 0 Å². The lowest BCUT2D eigenvalue weighted by Gasteiger charge is -2.17. The van der Waals surface area contributed by atoms with E-state index in [0.717, 1.165) is 18.9 Å². The molecule has 0 spiro atoms. The molecule has 1 fully saturated rings. The van der Waals surface area contributed by atoms with Gasteiger partial charge < -0.3 is 9.84 Å². The van der Waals surface area contributed by atoms with Crippen molar-refractivity contribution in [3.05, 3.63) is 25.3 Å². The van der Waals surface area contributed by atoms with E-state index in [1.807, 2.05) is 0 Å². The van der Waals surface area contributed by atoms with Gasteiger partial charge in [-0.15, -0.1) is 0 Å². The zero-order valence-electron chi connectivity index (χ0n) is 13.6. The fourth-order valence-electron chi connectivity index (χ4n) is 2.46. The summed E-state index contributed by atoms with van der Waals surface area (Å²) in [6, 6.07) is 0. The van der Waals surface area contributed by atoms with Crippen molar-refractivity contribution >= 4 is 11.9 Å². The first-order valence-corrected chi connectivity index (χ1v) is 8.28. The van der Waals surface area contributed by atoms with Crippen molar-refractivity contribution in [3.63, 3.8) is 0 Å². The Kier molecular flexibility index (Phi) is 13.3. The zero-order chi connectivity index (χ0) is 16.6. The van der Waals surface area contributed by atoms with Crippen molar-refractivity contribution in [2.24, 2.45) is 0 Å². The molecule has 1 aliphatic carbocycles. The summed E-state index contributed by atoms with van der Waals surface area (Å²) in [5, 5.41) is 7.60. The molecule has 0 aliphatic heterocycles. The molecule has 0 aromatic rings. The van der Waals surface area contributed by atoms with Crippen LogP contribution in [0.2, 0.25) is 0 Å². The molecule has 4 nitrogen and oxygen atoms in total. The Morgan fingerprint density at radius 3 is 1.50 bits per heavy atom. The van der Waals surface area contributed by atoms with Crippen LogP contribution in [-0.4, -0.2) is 23.1 Å². The average molecular weight is 310 g/mol. The zero-order valence-corrected chi connectivity index (χ0v) is 13.6. The van der Waals surface area contributed by atoms with Crippen LogP contribution < -0.4 is 0 Å². The number of aliphatic carboxylic acids is 1. The molecule has 0 aromatic heterocycles. The maximum atomic E-state index is 11.2. The van der Waals surface area contributed by atoms with Crippen LogP contribution in [0.25, 0.3) is 0 Å². The van der Waals surface area contributed by atoms with Crippen molar-refractivity contribution in [3.8, 4) is 0 Å². The van der Waals surface area contributed by atoms with Gasteiger partial charge in [-0.05, 0) is 25.7 Å². The summed E-state index contributed by atoms with van der Waals surface area (Å²) in [7, 11) is 0. The highest BCUT2D eigenvalue weighted by Gasteiger charge is 2.12. The summed E-state index contributed by atoms with van der Waals surface area (Å²) in [6.07, 6.45) is 16.0. The van der Waals surface area contributed by atoms with Gasteiger partial charge in [-0.25, -0.2) is 9.59 Å². The number of rotatable bonds is 3. The molecule has 1 N–H and O–H groups in total. The molecule has 22 heavy (non-hydrogen) atoms. The smallest absolute Gasteiger partial charge is 0.330 e. The van der Waals surface area contributed by atoms with Crippen LogP contribution >= 0.6 is 0 Å². The fourth-order valence-corrected chi connectivity index (χ4v) is 2.46. The third-order valence-corrected chi connectivity index (χ3v) is 3.68. The van der Waals surface area contributed by atoms with Crippen molar-refractivity contribution in [1.29, 1.82) is 0 Å². The quantitative estimate of drug-likeness (QED) is 0.609. The van der Waals surface area contributed by atoms with Crippen molar-refractivity contribution < 1.29 is 19.4 Å². The van der Waals surface area contributed by atoms with Gasteiger partial charge in [0.05, 0.1) is 0 Å². The highest BCUT2D eigenvalue weighted by molar-refractivity contribution is 5.81. The Morgan fingerprint density at radius 1 is 0.818 bits per heavy atom. The summed E-state index contributed by atoms with van der Waals surface area (Å²) in [4.78, 5) is 20.5. The Bertz CT molecular complexity index is 324. The number of carboxylic acids is 1. The third-order valence-electron chi connectivity index (χ3n) is 3.68. The molecule has 0 radical (unpaired) electrons. The Morgan fingerprint density at radius 2 is 1.18 bits per heavy atom. The lowest BCUT2D eigenvalue weighted by atomic mass is 9.99. The third kappa shape index (κ3) is 13.4. The van der Waals surface area contributed by atoms with E-state index in [4.69, 9.17) is 9.84 Å². The van der Waals surface area contributed by atoms with Gasteiger partial charge in [-0.1, -0.05) is 58.1 Å². The monoisotopic (exact) mass is 310 g/mol. The maximum absolute atomic E-state index is 11.2. The van der Waals surface area contributed by atoms with Gasteiger partial charge in [0, 0.05) is 12.2 Å². The minimum Gasteiger partial charge on any atom is -0.478 e. The van der Waals surface area contributed by atoms with Gasteiger partial charge in [0.2, 0.25) is 0 Å². The minimum atomic E-state index is -0.981. The standard InChI is InChI=1S/C15H26O2.C3H4O2/c1-2-15(16)17-14-12-10-8-6-4-3-5-7-9-11-13-14;1-2-3(4)5/h2,14H,1,3-13H2;2H,1H2,(H,4,5). The number of carbonyl (C=O) groups is 2. The summed E-state index contributed by atoms with van der Waals surface area (Å²) in [5.74, 6) is -1.24. The van der Waals surface area contributed by atoms with E-state index in [1.165, 1.54) is 63.9 Å². The van der Waals surface area contributed by atoms with Crippen LogP contribution in [0, 0.1) is 0 Å². The topological polar surface area (TPSA) is 63.6 Å². The average Bonchev–Trinajstić information content (AvgIpc) is 2.50. The van der Waals surface area contributed by atoms with E-state index in [9.17, 15) is 9.59 Å². The number of esters is 1. The van der Waals surface area contributed by atoms with Crippen molar-refractivity contribution in [2.45, 2.75) is 76.7 Å². The molecule has 1 rings (SSSR count). The molecule has 0 heterocycles. The number of ether oxygens (including phenoxy) is 1. The molecule has 0 amide bonds. The molecule has 0 unspecified atom stereocenters. The number of hydrogen-bond acceptors (Lipinski definition) is 3. The largest absolute Gasteiger partial charge is 0.478 e. The molecule has 0 aromatic carbocycles. The van der Waals surface area contributed by atoms with E-state index < -0.39 is 5.97 Å². The normalized spacial score (nSPS) is 17.6. The van der Waals surface area contributed by atoms with E-state index in [-0.39, 0.29) is 12.1 Å². The van der Waals surface area contributed by atoms with E-state index in [1.54, 1.807) is 0 Å². The molecule has 1 saturated carbocycles. The Hall–Kier alpha value is -1.58. The molecule has 1 aliphatic rings. The second-order valence-corrected chi connectivity index (χ2v) is 5.56. The SMILES string of the molecule is C=CC(=O)O.C=CC(=O)OC1CCCCCCCCCCC1. The first-order chi connectivity index (χ1) is 10.6. The van der Waals surface area contributed by atoms with Crippen LogP contribution in [-0.2, 0) is 14.3 Å². The second-order valence-electron chi connectivity index (χ2n) is 5.56. The van der Waals surface area contributed by atoms with Crippen LogP contribution in [0.15, 0.2) is 25.3 Å². The molecule has 0 saturated heterocycles. The molecule has 0 atom stereocenters. The first kappa shape index (κ1) is 20.4. The second kappa shape index (κ2) is 14.4. The van der Waals surface area contributed by atoms with E-state index in [0.29, 0.717) is 0 Å². The summed E-state index contributed by atoms with van der Waals surface area (Å²) in [5.41, 5.74) is 0. The van der Waals surface area contributed by atoms with E-state index >= 15 is 0 Å². The highest BCUT2D eigenvalue weighted by Crippen LogP contribution is 2.18. The predicted molar refractivity (Wildman–Crippen MR) is 88.7 cm³/mol. The summed E-state index contributed by atoms with van der Waals surface area (Å²) in [6.45, 7) is 6.42. The maximum Gasteiger partial charge on any atom is 0.330 e. The molecular formula is C18H30O4. The molecule has 126 valence electrons. The minimum absolute atomic E-state index is 0.125. The van der Waals surface area contributed by atoms with Crippen LogP contribution in [0.4, 0.5) is 0 Å². The summed E-state index contributed by atoms with van der Waals surface area (Å²) >= 11 is 0. The Labute approximate surface area is 134 Å². The Balaban J connectivity index is 0.000000763. The van der Waals surface area contributed by atoms with Crippen LogP contribution in [0.5, 0.6) is 0 Å². The lowest BCUT2D eigenvalue weighted by molar-refractivity contribution is -0.143. The van der Waals surface area contributed by atoms with Gasteiger partial charge in [0.1, 0.15) is 6.10 Å². The van der Waals surface area contributed by atoms with Crippen molar-refractivity contribution in [1.82, 2.24) is 0 Å². The van der Waals surface area contributed by atoms with Crippen LogP contribution in [0.1, 0.15) is 70.6 Å². The molecule has 4 heteroatoms. The van der Waals surface area contributed by atoms with Gasteiger partial charge in [-0.2, -0.15) is 0 Å². The lowest BCUT2D eigenvalue weighted by Crippen LogP contribution is -2.17. The van der Waals surface area contributed by atoms with Gasteiger partial charge in [-0.3, -0.25) is 0 Å². The molecular weight excluding hydrogens is 280 g/mol. The van der Waals surface area contributed by atoms with Crippen LogP contribution in [0.3, 0.4) is 0 Å². The highest BCUT2D eigenvalue weighted by atomic mass is 16.5. The van der Waals surface area contributed by atoms with E-state index in [2.05, 4.69) is 13.2 Å². The number of hydrogen-bond donors (Lipinski definition) is 1. The number of carbonyl (C=O) groups excluding carboxylic acids is 1. The fraction of sp³-hybridized carbons (Fsp3) is 0.667. The first-order valence-electron chi connectivity index (χ1n) is 8.28.